The maximum Gasteiger partial charge on any atom is 0.409 e. The Hall–Kier alpha value is -0.770. The van der Waals surface area contributed by atoms with Gasteiger partial charge in [0.15, 0.2) is 0 Å². The van der Waals surface area contributed by atoms with E-state index in [-0.39, 0.29) is 11.6 Å². The van der Waals surface area contributed by atoms with E-state index in [0.717, 1.165) is 26.2 Å². The van der Waals surface area contributed by atoms with Crippen LogP contribution in [-0.4, -0.2) is 54.2 Å². The molecule has 4 heteroatoms. The monoisotopic (exact) mass is 214 g/mol. The summed E-state index contributed by atoms with van der Waals surface area (Å²) in [4.78, 5) is 15.6. The van der Waals surface area contributed by atoms with E-state index in [1.54, 1.807) is 4.90 Å². The molecular formula is C11H22N2O2. The average Bonchev–Trinajstić information content (AvgIpc) is 2.17. The fourth-order valence-corrected chi connectivity index (χ4v) is 1.77. The summed E-state index contributed by atoms with van der Waals surface area (Å²) in [5.41, 5.74) is 0.195. The summed E-state index contributed by atoms with van der Waals surface area (Å²) in [6, 6.07) is 0. The highest BCUT2D eigenvalue weighted by Crippen LogP contribution is 2.15. The molecule has 4 nitrogen and oxygen atoms in total. The summed E-state index contributed by atoms with van der Waals surface area (Å²) in [5, 5.41) is 0. The third-order valence-corrected chi connectivity index (χ3v) is 2.75. The van der Waals surface area contributed by atoms with Crippen molar-refractivity contribution >= 4 is 6.09 Å². The van der Waals surface area contributed by atoms with Crippen molar-refractivity contribution in [2.45, 2.75) is 33.2 Å². The Bertz CT molecular complexity index is 215. The maximum absolute atomic E-state index is 11.4. The van der Waals surface area contributed by atoms with Crippen LogP contribution < -0.4 is 0 Å². The molecule has 1 saturated heterocycles. The number of hydrogen-bond acceptors (Lipinski definition) is 3. The van der Waals surface area contributed by atoms with E-state index in [4.69, 9.17) is 4.74 Å². The van der Waals surface area contributed by atoms with Crippen LogP contribution in [0.15, 0.2) is 0 Å². The first-order valence-corrected chi connectivity index (χ1v) is 5.62. The first-order chi connectivity index (χ1) is 6.95. The molecule has 0 spiro atoms. The van der Waals surface area contributed by atoms with Crippen molar-refractivity contribution in [3.8, 4) is 0 Å². The van der Waals surface area contributed by atoms with Crippen molar-refractivity contribution in [2.75, 3.05) is 32.8 Å². The molecule has 1 aliphatic rings. The van der Waals surface area contributed by atoms with Crippen molar-refractivity contribution in [2.24, 2.45) is 0 Å². The SMILES string of the molecule is CCOC(=O)N1CCN(C(C)(C)C)CC1. The van der Waals surface area contributed by atoms with Gasteiger partial charge in [-0.3, -0.25) is 4.90 Å². The largest absolute Gasteiger partial charge is 0.450 e. The predicted octanol–water partition coefficient (Wildman–Crippen LogP) is 1.56. The number of nitrogens with zero attached hydrogens (tertiary/aromatic N) is 2. The van der Waals surface area contributed by atoms with Gasteiger partial charge >= 0.3 is 6.09 Å². The lowest BCUT2D eigenvalue weighted by Gasteiger charge is -2.41. The molecular weight excluding hydrogens is 192 g/mol. The lowest BCUT2D eigenvalue weighted by molar-refractivity contribution is 0.0476. The minimum absolute atomic E-state index is 0.175. The van der Waals surface area contributed by atoms with Crippen LogP contribution in [0.25, 0.3) is 0 Å². The smallest absolute Gasteiger partial charge is 0.409 e. The van der Waals surface area contributed by atoms with Crippen LogP contribution in [0.2, 0.25) is 0 Å². The highest BCUT2D eigenvalue weighted by molar-refractivity contribution is 5.67. The second-order valence-corrected chi connectivity index (χ2v) is 4.84. The first kappa shape index (κ1) is 12.3. The summed E-state index contributed by atoms with van der Waals surface area (Å²) in [6.45, 7) is 12.3. The third-order valence-electron chi connectivity index (χ3n) is 2.75. The third kappa shape index (κ3) is 3.38. The molecule has 0 radical (unpaired) electrons. The zero-order valence-electron chi connectivity index (χ0n) is 10.2. The second kappa shape index (κ2) is 4.84. The van der Waals surface area contributed by atoms with Gasteiger partial charge in [-0.2, -0.15) is 0 Å². The van der Waals surface area contributed by atoms with Crippen LogP contribution in [-0.2, 0) is 4.74 Å². The van der Waals surface area contributed by atoms with Crippen LogP contribution in [0.1, 0.15) is 27.7 Å². The summed E-state index contributed by atoms with van der Waals surface area (Å²) in [5.74, 6) is 0. The average molecular weight is 214 g/mol. The number of ether oxygens (including phenoxy) is 1. The standard InChI is InChI=1S/C11H22N2O2/c1-5-15-10(14)12-6-8-13(9-7-12)11(2,3)4/h5-9H2,1-4H3. The van der Waals surface area contributed by atoms with Crippen LogP contribution in [0.5, 0.6) is 0 Å². The Morgan fingerprint density at radius 2 is 1.73 bits per heavy atom. The Morgan fingerprint density at radius 1 is 1.20 bits per heavy atom. The molecule has 88 valence electrons. The number of piperazine rings is 1. The molecule has 0 aliphatic carbocycles. The van der Waals surface area contributed by atoms with Crippen LogP contribution in [0.4, 0.5) is 4.79 Å². The molecule has 1 rings (SSSR count). The second-order valence-electron chi connectivity index (χ2n) is 4.84. The topological polar surface area (TPSA) is 32.8 Å². The van der Waals surface area contributed by atoms with Crippen LogP contribution in [0.3, 0.4) is 0 Å². The predicted molar refractivity (Wildman–Crippen MR) is 59.9 cm³/mol. The Kier molecular flexibility index (Phi) is 3.97. The molecule has 0 bridgehead atoms. The van der Waals surface area contributed by atoms with Gasteiger partial charge in [0.2, 0.25) is 0 Å². The van der Waals surface area contributed by atoms with Crippen LogP contribution >= 0.6 is 0 Å². The number of hydrogen-bond donors (Lipinski definition) is 0. The number of carbonyl (C=O) groups is 1. The van der Waals surface area contributed by atoms with Gasteiger partial charge in [-0.15, -0.1) is 0 Å². The highest BCUT2D eigenvalue weighted by Gasteiger charge is 2.28. The molecule has 1 aliphatic heterocycles. The van der Waals surface area contributed by atoms with E-state index in [9.17, 15) is 4.79 Å². The van der Waals surface area contributed by atoms with Crippen molar-refractivity contribution in [1.29, 1.82) is 0 Å². The van der Waals surface area contributed by atoms with E-state index >= 15 is 0 Å². The Labute approximate surface area is 92.2 Å². The summed E-state index contributed by atoms with van der Waals surface area (Å²) < 4.78 is 4.97. The maximum atomic E-state index is 11.4. The number of carbonyl (C=O) groups excluding carboxylic acids is 1. The van der Waals surface area contributed by atoms with Crippen molar-refractivity contribution in [3.63, 3.8) is 0 Å². The van der Waals surface area contributed by atoms with Crippen LogP contribution in [0, 0.1) is 0 Å². The van der Waals surface area contributed by atoms with Gasteiger partial charge in [-0.25, -0.2) is 4.79 Å². The zero-order chi connectivity index (χ0) is 11.5. The van der Waals surface area contributed by atoms with Gasteiger partial charge in [0.25, 0.3) is 0 Å². The summed E-state index contributed by atoms with van der Waals surface area (Å²) >= 11 is 0. The first-order valence-electron chi connectivity index (χ1n) is 5.62. The minimum Gasteiger partial charge on any atom is -0.450 e. The summed E-state index contributed by atoms with van der Waals surface area (Å²) in [7, 11) is 0. The van der Waals surface area contributed by atoms with Gasteiger partial charge < -0.3 is 9.64 Å². The van der Waals surface area contributed by atoms with Gasteiger partial charge in [0.1, 0.15) is 0 Å². The van der Waals surface area contributed by atoms with Crippen molar-refractivity contribution in [3.05, 3.63) is 0 Å². The highest BCUT2D eigenvalue weighted by atomic mass is 16.6. The van der Waals surface area contributed by atoms with E-state index in [1.165, 1.54) is 0 Å². The van der Waals surface area contributed by atoms with E-state index < -0.39 is 0 Å². The summed E-state index contributed by atoms with van der Waals surface area (Å²) in [6.07, 6.45) is -0.175. The normalized spacial score (nSPS) is 19.1. The number of rotatable bonds is 1. The molecule has 0 unspecified atom stereocenters. The molecule has 1 amide bonds. The fourth-order valence-electron chi connectivity index (χ4n) is 1.77. The molecule has 1 heterocycles. The van der Waals surface area contributed by atoms with Crippen molar-refractivity contribution < 1.29 is 9.53 Å². The number of amides is 1. The van der Waals surface area contributed by atoms with E-state index in [1.807, 2.05) is 6.92 Å². The fraction of sp³-hybridized carbons (Fsp3) is 0.909. The molecule has 0 aromatic heterocycles. The minimum atomic E-state index is -0.175. The van der Waals surface area contributed by atoms with Gasteiger partial charge in [0, 0.05) is 31.7 Å². The molecule has 0 saturated carbocycles. The van der Waals surface area contributed by atoms with E-state index in [0.29, 0.717) is 6.61 Å². The Balaban J connectivity index is 2.39. The molecule has 1 fully saturated rings. The quantitative estimate of drug-likeness (QED) is 0.664. The van der Waals surface area contributed by atoms with Gasteiger partial charge in [-0.05, 0) is 27.7 Å². The molecule has 0 aromatic rings. The van der Waals surface area contributed by atoms with Gasteiger partial charge in [0.05, 0.1) is 6.61 Å². The van der Waals surface area contributed by atoms with Gasteiger partial charge in [-0.1, -0.05) is 0 Å². The molecule has 0 aromatic carbocycles. The lowest BCUT2D eigenvalue weighted by atomic mass is 10.1. The van der Waals surface area contributed by atoms with E-state index in [2.05, 4.69) is 25.7 Å². The lowest BCUT2D eigenvalue weighted by Crippen LogP contribution is -2.54. The molecule has 15 heavy (non-hydrogen) atoms. The Morgan fingerprint density at radius 3 is 2.13 bits per heavy atom. The van der Waals surface area contributed by atoms with Crippen molar-refractivity contribution in [1.82, 2.24) is 9.80 Å². The molecule has 0 atom stereocenters. The zero-order valence-corrected chi connectivity index (χ0v) is 10.2. The molecule has 0 N–H and O–H groups in total.